The van der Waals surface area contributed by atoms with E-state index in [9.17, 15) is 0 Å². The van der Waals surface area contributed by atoms with Crippen molar-refractivity contribution in [3.05, 3.63) is 0 Å². The number of unbranched alkanes of at least 4 members (excludes halogenated alkanes) is 5. The molecule has 0 aromatic carbocycles. The third-order valence-electron chi connectivity index (χ3n) is 23.3. The van der Waals surface area contributed by atoms with Crippen molar-refractivity contribution in [3.63, 3.8) is 0 Å². The molecule has 0 N–H and O–H groups in total. The minimum atomic E-state index is 0. The van der Waals surface area contributed by atoms with Gasteiger partial charge in [-0.3, -0.25) is 0 Å². The number of rotatable bonds is 19. The smallest absolute Gasteiger partial charge is 0.0323 e. The molecule has 0 aromatic rings. The van der Waals surface area contributed by atoms with Gasteiger partial charge in [-0.15, -0.1) is 0 Å². The summed E-state index contributed by atoms with van der Waals surface area (Å²) in [7, 11) is 0. The van der Waals surface area contributed by atoms with E-state index in [0.717, 1.165) is 88.8 Å². The predicted octanol–water partition coefficient (Wildman–Crippen LogP) is 43.5. The van der Waals surface area contributed by atoms with Crippen LogP contribution in [-0.2, 0) is 0 Å². The fourth-order valence-corrected chi connectivity index (χ4v) is 13.0. The van der Waals surface area contributed by atoms with Crippen LogP contribution in [0.15, 0.2) is 0 Å². The van der Waals surface area contributed by atoms with Crippen LogP contribution in [0.5, 0.6) is 0 Å². The molecule has 0 bridgehead atoms. The van der Waals surface area contributed by atoms with Gasteiger partial charge >= 0.3 is 0 Å². The van der Waals surface area contributed by atoms with Crippen molar-refractivity contribution in [3.8, 4) is 0 Å². The lowest BCUT2D eigenvalue weighted by molar-refractivity contribution is 0.179. The topological polar surface area (TPSA) is 0 Å². The van der Waals surface area contributed by atoms with E-state index in [2.05, 4.69) is 256 Å². The van der Waals surface area contributed by atoms with Crippen LogP contribution in [0.4, 0.5) is 0 Å². The van der Waals surface area contributed by atoms with Gasteiger partial charge in [-0.1, -0.05) is 558 Å². The normalized spacial score (nSPS) is 20.7. The van der Waals surface area contributed by atoms with Gasteiger partial charge in [0.05, 0.1) is 0 Å². The highest BCUT2D eigenvalue weighted by molar-refractivity contribution is 4.93. The minimum Gasteiger partial charge on any atom is -0.0776 e. The molecule has 0 saturated heterocycles. The highest BCUT2D eigenvalue weighted by atomic mass is 14.5. The van der Waals surface area contributed by atoms with Crippen molar-refractivity contribution >= 4 is 0 Å². The quantitative estimate of drug-likeness (QED) is 0.113. The van der Waals surface area contributed by atoms with Crippen molar-refractivity contribution in [1.82, 2.24) is 0 Å². The fourth-order valence-electron chi connectivity index (χ4n) is 13.0. The largest absolute Gasteiger partial charge is 0.0776 e. The van der Waals surface area contributed by atoms with Gasteiger partial charge in [0.15, 0.2) is 0 Å². The Morgan fingerprint density at radius 3 is 0.736 bits per heavy atom. The second-order valence-corrected chi connectivity index (χ2v) is 37.4. The summed E-state index contributed by atoms with van der Waals surface area (Å²) in [5.41, 5.74) is 2.37. The molecule has 0 nitrogen and oxygen atoms in total. The van der Waals surface area contributed by atoms with E-state index >= 15 is 0 Å². The molecule has 0 heterocycles. The minimum absolute atomic E-state index is 0. The van der Waals surface area contributed by atoms with Gasteiger partial charge in [0.1, 0.15) is 0 Å². The standard InChI is InChI=1S/C10H20.3C8H16.C7H14.4C7H16.C6H12.3C6H14.13CH4/c1-8-9(2,3)6-7-10(8,4)5;1-6-4-7(2)8(3)5-6;1-7-5-4-6-8(7,2)3;1-6-4-5-7(2)8(6)3;1-7-5-3-2-4-6-7;1-4-5-6-7(2)3;2*1-4-6-7(3)5-2;1-3-5-7-6-4-2;1-2-3-6-4-5-6;1-5-6(2,3)4;2*1-4-5-6(2)3;;;;;;;;;;;;;/h8H,6-7H2,1-5H3;6-8H,4-5H2,1-3H3;7H,4-6H2,1-3H3;6-8H,4-5H2,1-3H3;7H,2-6H2,1H3;3*7H,4-6H2,1-3H3;3-7H2,1-2H3;6H,2-5H2,1H3;5H2,1-4H3;2*6H,4-5H2,1-3H3;13*1H4/t;;7-;;;;7-;;;;;;;;;;;;;;;;;;;/m..1...1.................../s1. The predicted molar refractivity (Wildman–Crippen MR) is 530 cm³/mol. The molecule has 6 aliphatic rings. The molecule has 6 aliphatic carbocycles. The van der Waals surface area contributed by atoms with E-state index in [1.54, 1.807) is 0 Å². The van der Waals surface area contributed by atoms with Crippen LogP contribution in [0.25, 0.3) is 0 Å². The zero-order chi connectivity index (χ0) is 73.8. The zero-order valence-corrected chi connectivity index (χ0v) is 73.8. The van der Waals surface area contributed by atoms with Gasteiger partial charge in [0, 0.05) is 0 Å². The van der Waals surface area contributed by atoms with Crippen LogP contribution < -0.4 is 0 Å². The Morgan fingerprint density at radius 2 is 0.632 bits per heavy atom. The molecular weight excluding hydrogens is 1270 g/mol. The highest BCUT2D eigenvalue weighted by Crippen LogP contribution is 2.53. The number of hydrogen-bond acceptors (Lipinski definition) is 0. The van der Waals surface area contributed by atoms with Crippen LogP contribution in [0.3, 0.4) is 0 Å². The van der Waals surface area contributed by atoms with Crippen molar-refractivity contribution in [2.75, 3.05) is 0 Å². The van der Waals surface area contributed by atoms with Gasteiger partial charge in [0.2, 0.25) is 0 Å². The van der Waals surface area contributed by atoms with Crippen LogP contribution in [0.1, 0.15) is 590 Å². The first-order chi connectivity index (χ1) is 43.1. The average molecular weight is 1530 g/mol. The summed E-state index contributed by atoms with van der Waals surface area (Å²) >= 11 is 0. The third-order valence-corrected chi connectivity index (χ3v) is 23.3. The van der Waals surface area contributed by atoms with E-state index in [0.29, 0.717) is 21.7 Å². The Hall–Kier alpha value is 0. The van der Waals surface area contributed by atoms with Gasteiger partial charge in [-0.05, 0) is 143 Å². The molecular formula is C106H252. The molecule has 0 aromatic heterocycles. The lowest BCUT2D eigenvalue weighted by Crippen LogP contribution is -2.24. The number of hydrogen-bond donors (Lipinski definition) is 0. The molecule has 0 amide bonds. The lowest BCUT2D eigenvalue weighted by Gasteiger charge is -2.31. The third kappa shape index (κ3) is 115. The van der Waals surface area contributed by atoms with E-state index in [1.807, 2.05) is 0 Å². The van der Waals surface area contributed by atoms with E-state index in [-0.39, 0.29) is 96.5 Å². The van der Waals surface area contributed by atoms with Gasteiger partial charge in [-0.2, -0.15) is 0 Å². The Balaban J connectivity index is -0.0000000417. The Labute approximate surface area is 696 Å². The zero-order valence-electron chi connectivity index (χ0n) is 73.8. The molecule has 0 spiro atoms. The maximum absolute atomic E-state index is 2.40. The molecule has 5 unspecified atom stereocenters. The Kier molecular flexibility index (Phi) is 151. The first-order valence-corrected chi connectivity index (χ1v) is 43.1. The summed E-state index contributed by atoms with van der Waals surface area (Å²) in [4.78, 5) is 0. The molecule has 6 fully saturated rings. The Bertz CT molecular complexity index is 1320. The van der Waals surface area contributed by atoms with Crippen molar-refractivity contribution < 1.29 is 0 Å². The van der Waals surface area contributed by atoms with Crippen LogP contribution in [-0.4, -0.2) is 0 Å². The summed E-state index contributed by atoms with van der Waals surface area (Å²) in [5, 5.41) is 0. The molecule has 0 radical (unpaired) electrons. The first kappa shape index (κ1) is 158. The first-order valence-electron chi connectivity index (χ1n) is 43.1. The molecule has 6 rings (SSSR count). The maximum atomic E-state index is 2.40. The maximum Gasteiger partial charge on any atom is -0.0323 e. The summed E-state index contributed by atoms with van der Waals surface area (Å²) in [6, 6.07) is 0. The fraction of sp³-hybridized carbons (Fsp3) is 1.00. The van der Waals surface area contributed by atoms with Crippen LogP contribution >= 0.6 is 0 Å². The molecule has 6 saturated carbocycles. The highest BCUT2D eigenvalue weighted by Gasteiger charge is 2.43. The lowest BCUT2D eigenvalue weighted by atomic mass is 9.74. The average Bonchev–Trinajstić information content (AvgIpc) is 1.65. The molecule has 0 heteroatoms. The SMILES string of the molecule is C.C.C.C.C.C.C.C.C.C.C.C.C.CC1C(C)(C)CCC1(C)C.CC1CC(C)C(C)C1.CC1CCC(C)C1C.CC1CCCCC1.CCC(C)(C)C.CCCC(C)C.CCCC(C)C.CCCC(C)CC.CCCC1CC1.CCCCC(C)C.CCCCCCC.CCC[C@H](C)CC.C[C@@H]1CCCC1(C)C. The van der Waals surface area contributed by atoms with Crippen LogP contribution in [0.2, 0.25) is 0 Å². The van der Waals surface area contributed by atoms with Gasteiger partial charge in [-0.25, -0.2) is 0 Å². The summed E-state index contributed by atoms with van der Waals surface area (Å²) in [6.07, 6.45) is 52.4. The summed E-state index contributed by atoms with van der Waals surface area (Å²) in [5.74, 6) is 14.6. The second-order valence-electron chi connectivity index (χ2n) is 37.4. The van der Waals surface area contributed by atoms with Gasteiger partial charge < -0.3 is 0 Å². The second kappa shape index (κ2) is 101. The van der Waals surface area contributed by atoms with Crippen molar-refractivity contribution in [1.29, 1.82) is 0 Å². The van der Waals surface area contributed by atoms with Crippen molar-refractivity contribution in [2.45, 2.75) is 590 Å². The molecule has 676 valence electrons. The van der Waals surface area contributed by atoms with Gasteiger partial charge in [0.25, 0.3) is 0 Å². The van der Waals surface area contributed by atoms with E-state index < -0.39 is 0 Å². The summed E-state index contributed by atoms with van der Waals surface area (Å²) in [6.45, 7) is 85.2. The molecule has 7 atom stereocenters. The van der Waals surface area contributed by atoms with Crippen LogP contribution in [0, 0.1) is 110 Å². The molecule has 0 aliphatic heterocycles. The monoisotopic (exact) mass is 1530 g/mol. The molecule has 106 heavy (non-hydrogen) atoms. The summed E-state index contributed by atoms with van der Waals surface area (Å²) < 4.78 is 0. The van der Waals surface area contributed by atoms with E-state index in [4.69, 9.17) is 0 Å². The van der Waals surface area contributed by atoms with E-state index in [1.165, 1.54) is 238 Å². The van der Waals surface area contributed by atoms with Crippen molar-refractivity contribution in [2.24, 2.45) is 110 Å². The Morgan fingerprint density at radius 1 is 0.311 bits per heavy atom.